The average molecular weight is 305 g/mol. The van der Waals surface area contributed by atoms with Crippen molar-refractivity contribution in [2.24, 2.45) is 0 Å². The smallest absolute Gasteiger partial charge is 0.267 e. The summed E-state index contributed by atoms with van der Waals surface area (Å²) in [6, 6.07) is 17.4. The molecule has 0 radical (unpaired) electrons. The lowest BCUT2D eigenvalue weighted by Crippen LogP contribution is -2.36. The molecular weight excluding hydrogens is 286 g/mol. The van der Waals surface area contributed by atoms with E-state index in [0.29, 0.717) is 5.39 Å². The second-order valence-corrected chi connectivity index (χ2v) is 5.95. The van der Waals surface area contributed by atoms with E-state index in [9.17, 15) is 4.79 Å². The molecule has 1 aromatic heterocycles. The van der Waals surface area contributed by atoms with Crippen LogP contribution in [0.25, 0.3) is 16.6 Å². The highest BCUT2D eigenvalue weighted by Crippen LogP contribution is 2.22. The van der Waals surface area contributed by atoms with Gasteiger partial charge in [0.05, 0.1) is 16.6 Å². The van der Waals surface area contributed by atoms with E-state index in [4.69, 9.17) is 4.98 Å². The minimum atomic E-state index is 0.00220. The number of aromatic nitrogens is 2. The predicted molar refractivity (Wildman–Crippen MR) is 93.4 cm³/mol. The molecule has 1 saturated heterocycles. The van der Waals surface area contributed by atoms with Crippen molar-refractivity contribution in [2.45, 2.75) is 19.3 Å². The minimum absolute atomic E-state index is 0.00220. The molecule has 2 aromatic carbocycles. The molecular formula is C19H19N3O. The SMILES string of the molecule is O=c1c2ccccc2nc(N2CCCCC2)n1-c1ccccc1. The monoisotopic (exact) mass is 305 g/mol. The summed E-state index contributed by atoms with van der Waals surface area (Å²) < 4.78 is 1.76. The standard InChI is InChI=1S/C19H19N3O/c23-18-16-11-5-6-12-17(16)20-19(21-13-7-2-8-14-21)22(18)15-9-3-1-4-10-15/h1,3-6,9-12H,2,7-8,13-14H2. The van der Waals surface area contributed by atoms with Crippen LogP contribution in [0.1, 0.15) is 19.3 Å². The molecule has 0 saturated carbocycles. The van der Waals surface area contributed by atoms with Crippen molar-refractivity contribution in [2.75, 3.05) is 18.0 Å². The van der Waals surface area contributed by atoms with Gasteiger partial charge < -0.3 is 4.90 Å². The molecule has 0 spiro atoms. The van der Waals surface area contributed by atoms with Gasteiger partial charge in [0.15, 0.2) is 0 Å². The molecule has 4 nitrogen and oxygen atoms in total. The first kappa shape index (κ1) is 14.0. The van der Waals surface area contributed by atoms with Gasteiger partial charge in [0, 0.05) is 13.1 Å². The molecule has 3 aromatic rings. The topological polar surface area (TPSA) is 38.1 Å². The summed E-state index contributed by atoms with van der Waals surface area (Å²) in [4.78, 5) is 20.2. The quantitative estimate of drug-likeness (QED) is 0.728. The van der Waals surface area contributed by atoms with Crippen molar-refractivity contribution in [3.8, 4) is 5.69 Å². The van der Waals surface area contributed by atoms with Gasteiger partial charge in [-0.05, 0) is 43.5 Å². The van der Waals surface area contributed by atoms with Crippen LogP contribution < -0.4 is 10.5 Å². The molecule has 0 bridgehead atoms. The Bertz CT molecular complexity index is 880. The van der Waals surface area contributed by atoms with Crippen LogP contribution in [0.4, 0.5) is 5.95 Å². The molecule has 23 heavy (non-hydrogen) atoms. The summed E-state index contributed by atoms with van der Waals surface area (Å²) in [6.07, 6.45) is 3.55. The van der Waals surface area contributed by atoms with Gasteiger partial charge in [-0.15, -0.1) is 0 Å². The number of piperidine rings is 1. The highest BCUT2D eigenvalue weighted by molar-refractivity contribution is 5.79. The van der Waals surface area contributed by atoms with Gasteiger partial charge >= 0.3 is 0 Å². The van der Waals surface area contributed by atoms with E-state index in [1.54, 1.807) is 4.57 Å². The summed E-state index contributed by atoms with van der Waals surface area (Å²) in [5, 5.41) is 0.664. The van der Waals surface area contributed by atoms with Gasteiger partial charge in [0.2, 0.25) is 5.95 Å². The maximum Gasteiger partial charge on any atom is 0.267 e. The highest BCUT2D eigenvalue weighted by Gasteiger charge is 2.19. The maximum absolute atomic E-state index is 13.1. The largest absolute Gasteiger partial charge is 0.342 e. The lowest BCUT2D eigenvalue weighted by atomic mass is 10.1. The van der Waals surface area contributed by atoms with E-state index in [2.05, 4.69) is 4.90 Å². The molecule has 1 aliphatic heterocycles. The molecule has 1 aliphatic rings. The van der Waals surface area contributed by atoms with Gasteiger partial charge in [-0.1, -0.05) is 30.3 Å². The normalized spacial score (nSPS) is 15.0. The van der Waals surface area contributed by atoms with Crippen LogP contribution >= 0.6 is 0 Å². The van der Waals surface area contributed by atoms with Crippen molar-refractivity contribution < 1.29 is 0 Å². The van der Waals surface area contributed by atoms with Crippen LogP contribution in [0.2, 0.25) is 0 Å². The zero-order valence-corrected chi connectivity index (χ0v) is 13.0. The Morgan fingerprint density at radius 3 is 2.30 bits per heavy atom. The first-order valence-corrected chi connectivity index (χ1v) is 8.17. The Hall–Kier alpha value is -2.62. The van der Waals surface area contributed by atoms with Crippen molar-refractivity contribution in [1.82, 2.24) is 9.55 Å². The number of hydrogen-bond donors (Lipinski definition) is 0. The average Bonchev–Trinajstić information content (AvgIpc) is 2.63. The number of nitrogens with zero attached hydrogens (tertiary/aromatic N) is 3. The molecule has 0 N–H and O–H groups in total. The summed E-state index contributed by atoms with van der Waals surface area (Å²) in [5.41, 5.74) is 1.64. The maximum atomic E-state index is 13.1. The number of para-hydroxylation sites is 2. The molecule has 2 heterocycles. The van der Waals surface area contributed by atoms with E-state index in [1.165, 1.54) is 6.42 Å². The number of anilines is 1. The van der Waals surface area contributed by atoms with Crippen molar-refractivity contribution in [1.29, 1.82) is 0 Å². The third-order valence-corrected chi connectivity index (χ3v) is 4.41. The highest BCUT2D eigenvalue weighted by atomic mass is 16.1. The van der Waals surface area contributed by atoms with E-state index >= 15 is 0 Å². The van der Waals surface area contributed by atoms with Gasteiger partial charge in [-0.3, -0.25) is 4.79 Å². The first-order chi connectivity index (χ1) is 11.3. The Labute approximate surface area is 135 Å². The predicted octanol–water partition coefficient (Wildman–Crippen LogP) is 3.38. The molecule has 116 valence electrons. The Balaban J connectivity index is 2.00. The summed E-state index contributed by atoms with van der Waals surface area (Å²) in [5.74, 6) is 0.764. The molecule has 1 fully saturated rings. The third kappa shape index (κ3) is 2.50. The van der Waals surface area contributed by atoms with Crippen LogP contribution in [0, 0.1) is 0 Å². The molecule has 0 unspecified atom stereocenters. The van der Waals surface area contributed by atoms with E-state index in [0.717, 1.165) is 43.1 Å². The number of rotatable bonds is 2. The van der Waals surface area contributed by atoms with E-state index in [1.807, 2.05) is 54.6 Å². The van der Waals surface area contributed by atoms with Crippen LogP contribution in [-0.2, 0) is 0 Å². The fourth-order valence-electron chi connectivity index (χ4n) is 3.24. The second-order valence-electron chi connectivity index (χ2n) is 5.95. The first-order valence-electron chi connectivity index (χ1n) is 8.17. The summed E-state index contributed by atoms with van der Waals surface area (Å²) in [7, 11) is 0. The molecule has 4 heteroatoms. The van der Waals surface area contributed by atoms with Gasteiger partial charge in [0.25, 0.3) is 5.56 Å². The van der Waals surface area contributed by atoms with Gasteiger partial charge in [-0.2, -0.15) is 0 Å². The second kappa shape index (κ2) is 5.88. The Kier molecular flexibility index (Phi) is 3.58. The van der Waals surface area contributed by atoms with Crippen molar-refractivity contribution in [3.63, 3.8) is 0 Å². The third-order valence-electron chi connectivity index (χ3n) is 4.41. The van der Waals surface area contributed by atoms with Gasteiger partial charge in [0.1, 0.15) is 0 Å². The Morgan fingerprint density at radius 2 is 1.52 bits per heavy atom. The number of hydrogen-bond acceptors (Lipinski definition) is 3. The van der Waals surface area contributed by atoms with Crippen LogP contribution in [0.15, 0.2) is 59.4 Å². The molecule has 4 rings (SSSR count). The Morgan fingerprint density at radius 1 is 0.826 bits per heavy atom. The van der Waals surface area contributed by atoms with E-state index in [-0.39, 0.29) is 5.56 Å². The lowest BCUT2D eigenvalue weighted by molar-refractivity contribution is 0.563. The molecule has 0 amide bonds. The lowest BCUT2D eigenvalue weighted by Gasteiger charge is -2.29. The fourth-order valence-corrected chi connectivity index (χ4v) is 3.24. The molecule has 0 aliphatic carbocycles. The minimum Gasteiger partial charge on any atom is -0.342 e. The van der Waals surface area contributed by atoms with Gasteiger partial charge in [-0.25, -0.2) is 9.55 Å². The van der Waals surface area contributed by atoms with Crippen LogP contribution in [0.3, 0.4) is 0 Å². The fraction of sp³-hybridized carbons (Fsp3) is 0.263. The summed E-state index contributed by atoms with van der Waals surface area (Å²) in [6.45, 7) is 1.91. The van der Waals surface area contributed by atoms with Crippen molar-refractivity contribution >= 4 is 16.9 Å². The van der Waals surface area contributed by atoms with Crippen molar-refractivity contribution in [3.05, 3.63) is 65.0 Å². The number of benzene rings is 2. The zero-order valence-electron chi connectivity index (χ0n) is 13.0. The molecule has 0 atom stereocenters. The summed E-state index contributed by atoms with van der Waals surface area (Å²) >= 11 is 0. The zero-order chi connectivity index (χ0) is 15.6. The van der Waals surface area contributed by atoms with E-state index < -0.39 is 0 Å². The number of fused-ring (bicyclic) bond motifs is 1. The van der Waals surface area contributed by atoms with Crippen LogP contribution in [0.5, 0.6) is 0 Å². The van der Waals surface area contributed by atoms with Crippen LogP contribution in [-0.4, -0.2) is 22.6 Å².